The Bertz CT molecular complexity index is 256. The Hall–Kier alpha value is -1.25. The van der Waals surface area contributed by atoms with E-state index >= 15 is 0 Å². The molecule has 1 aromatic rings. The van der Waals surface area contributed by atoms with Crippen LogP contribution in [0.3, 0.4) is 0 Å². The lowest BCUT2D eigenvalue weighted by Gasteiger charge is -1.96. The van der Waals surface area contributed by atoms with Gasteiger partial charge in [0.05, 0.1) is 7.11 Å². The molecule has 0 fully saturated rings. The zero-order valence-corrected chi connectivity index (χ0v) is 6.99. The normalized spacial score (nSPS) is 9.73. The van der Waals surface area contributed by atoms with E-state index in [0.29, 0.717) is 0 Å². The summed E-state index contributed by atoms with van der Waals surface area (Å²) in [6.07, 6.45) is 0. The molecule has 3 nitrogen and oxygen atoms in total. The summed E-state index contributed by atoms with van der Waals surface area (Å²) in [5, 5.41) is 7.33. The van der Waals surface area contributed by atoms with Crippen molar-refractivity contribution in [3.05, 3.63) is 23.0 Å². The van der Waals surface area contributed by atoms with E-state index in [4.69, 9.17) is 10.1 Å². The fourth-order valence-electron chi connectivity index (χ4n) is 0.894. The Morgan fingerprint density at radius 2 is 2.18 bits per heavy atom. The van der Waals surface area contributed by atoms with Crippen LogP contribution in [-0.4, -0.2) is 18.0 Å². The molecule has 0 aromatic carbocycles. The molecule has 0 radical (unpaired) electrons. The highest BCUT2D eigenvalue weighted by Gasteiger charge is 2.04. The van der Waals surface area contributed by atoms with Crippen molar-refractivity contribution in [3.63, 3.8) is 0 Å². The van der Waals surface area contributed by atoms with Crippen LogP contribution in [0.5, 0.6) is 0 Å². The van der Waals surface area contributed by atoms with Gasteiger partial charge in [-0.05, 0) is 25.5 Å². The predicted octanol–water partition coefficient (Wildman–Crippen LogP) is 1.60. The number of H-pyrrole nitrogens is 1. The number of nitrogens with one attached hydrogen (secondary N) is 2. The lowest BCUT2D eigenvalue weighted by molar-refractivity contribution is 0.400. The summed E-state index contributed by atoms with van der Waals surface area (Å²) in [6.45, 7) is 3.97. The van der Waals surface area contributed by atoms with E-state index in [1.165, 1.54) is 7.11 Å². The molecular weight excluding hydrogens is 140 g/mol. The maximum atomic E-state index is 7.33. The second-order valence-corrected chi connectivity index (χ2v) is 2.52. The molecule has 0 aliphatic carbocycles. The minimum absolute atomic E-state index is 0.182. The molecular formula is C8H12N2O. The van der Waals surface area contributed by atoms with Gasteiger partial charge in [0.1, 0.15) is 5.69 Å². The number of hydrogen-bond donors (Lipinski definition) is 2. The van der Waals surface area contributed by atoms with Crippen molar-refractivity contribution in [2.45, 2.75) is 13.8 Å². The zero-order chi connectivity index (χ0) is 8.43. The number of aromatic amines is 1. The second-order valence-electron chi connectivity index (χ2n) is 2.52. The zero-order valence-electron chi connectivity index (χ0n) is 6.99. The molecule has 0 aliphatic heterocycles. The number of aryl methyl sites for hydroxylation is 2. The van der Waals surface area contributed by atoms with E-state index in [-0.39, 0.29) is 5.90 Å². The largest absolute Gasteiger partial charge is 0.480 e. The molecule has 1 rings (SSSR count). The topological polar surface area (TPSA) is 48.9 Å². The Morgan fingerprint density at radius 3 is 2.55 bits per heavy atom. The molecule has 3 heteroatoms. The van der Waals surface area contributed by atoms with Crippen LogP contribution in [0.1, 0.15) is 17.0 Å². The lowest BCUT2D eigenvalue weighted by Crippen LogP contribution is -2.00. The summed E-state index contributed by atoms with van der Waals surface area (Å²) in [5.41, 5.74) is 2.98. The number of rotatable bonds is 1. The molecule has 0 atom stereocenters. The quantitative estimate of drug-likeness (QED) is 0.466. The monoisotopic (exact) mass is 152 g/mol. The summed E-state index contributed by atoms with van der Waals surface area (Å²) in [4.78, 5) is 3.05. The van der Waals surface area contributed by atoms with Crippen molar-refractivity contribution in [1.29, 1.82) is 5.41 Å². The van der Waals surface area contributed by atoms with Crippen LogP contribution in [0.4, 0.5) is 0 Å². The standard InChI is InChI=1S/C8H12N2O/c1-5-4-7(8(9)11-3)10-6(5)2/h4,9-10H,1-3H3. The fraction of sp³-hybridized carbons (Fsp3) is 0.375. The number of hydrogen-bond acceptors (Lipinski definition) is 2. The molecule has 1 aromatic heterocycles. The molecule has 0 saturated heterocycles. The van der Waals surface area contributed by atoms with Crippen LogP contribution in [0, 0.1) is 19.3 Å². The smallest absolute Gasteiger partial charge is 0.229 e. The van der Waals surface area contributed by atoms with Crippen LogP contribution in [-0.2, 0) is 4.74 Å². The number of ether oxygens (including phenoxy) is 1. The van der Waals surface area contributed by atoms with Crippen molar-refractivity contribution >= 4 is 5.90 Å². The van der Waals surface area contributed by atoms with Crippen LogP contribution in [0.15, 0.2) is 6.07 Å². The van der Waals surface area contributed by atoms with E-state index in [2.05, 4.69) is 4.98 Å². The van der Waals surface area contributed by atoms with E-state index in [9.17, 15) is 0 Å². The SMILES string of the molecule is COC(=N)c1cc(C)c(C)[nH]1. The first-order chi connectivity index (χ1) is 5.15. The van der Waals surface area contributed by atoms with Gasteiger partial charge in [-0.25, -0.2) is 0 Å². The maximum absolute atomic E-state index is 7.33. The second kappa shape index (κ2) is 2.78. The van der Waals surface area contributed by atoms with Gasteiger partial charge in [0.15, 0.2) is 0 Å². The molecule has 0 spiro atoms. The first kappa shape index (κ1) is 7.85. The minimum atomic E-state index is 0.182. The van der Waals surface area contributed by atoms with Crippen LogP contribution in [0.25, 0.3) is 0 Å². The predicted molar refractivity (Wildman–Crippen MR) is 44.1 cm³/mol. The summed E-state index contributed by atoms with van der Waals surface area (Å²) >= 11 is 0. The first-order valence-electron chi connectivity index (χ1n) is 3.44. The Morgan fingerprint density at radius 1 is 1.55 bits per heavy atom. The summed E-state index contributed by atoms with van der Waals surface area (Å²) in [5.74, 6) is 0.182. The van der Waals surface area contributed by atoms with Gasteiger partial charge in [-0.3, -0.25) is 5.41 Å². The van der Waals surface area contributed by atoms with Gasteiger partial charge in [0.25, 0.3) is 0 Å². The van der Waals surface area contributed by atoms with Gasteiger partial charge in [0.2, 0.25) is 5.90 Å². The lowest BCUT2D eigenvalue weighted by atomic mass is 10.3. The van der Waals surface area contributed by atoms with E-state index in [1.54, 1.807) is 0 Å². The summed E-state index contributed by atoms with van der Waals surface area (Å²) < 4.78 is 4.76. The third kappa shape index (κ3) is 1.42. The van der Waals surface area contributed by atoms with E-state index in [0.717, 1.165) is 17.0 Å². The van der Waals surface area contributed by atoms with Gasteiger partial charge >= 0.3 is 0 Å². The average Bonchev–Trinajstić information content (AvgIpc) is 2.31. The molecule has 0 saturated carbocycles. The van der Waals surface area contributed by atoms with Crippen molar-refractivity contribution < 1.29 is 4.74 Å². The van der Waals surface area contributed by atoms with Gasteiger partial charge in [-0.2, -0.15) is 0 Å². The molecule has 2 N–H and O–H groups in total. The molecule has 60 valence electrons. The van der Waals surface area contributed by atoms with Crippen molar-refractivity contribution in [2.24, 2.45) is 0 Å². The van der Waals surface area contributed by atoms with Crippen molar-refractivity contribution in [2.75, 3.05) is 7.11 Å². The molecule has 0 unspecified atom stereocenters. The van der Waals surface area contributed by atoms with Crippen LogP contribution < -0.4 is 0 Å². The van der Waals surface area contributed by atoms with Gasteiger partial charge in [-0.15, -0.1) is 0 Å². The third-order valence-electron chi connectivity index (χ3n) is 1.72. The molecule has 0 amide bonds. The average molecular weight is 152 g/mol. The van der Waals surface area contributed by atoms with E-state index < -0.39 is 0 Å². The van der Waals surface area contributed by atoms with E-state index in [1.807, 2.05) is 19.9 Å². The van der Waals surface area contributed by atoms with Crippen LogP contribution in [0.2, 0.25) is 0 Å². The van der Waals surface area contributed by atoms with Crippen molar-refractivity contribution in [3.8, 4) is 0 Å². The third-order valence-corrected chi connectivity index (χ3v) is 1.72. The molecule has 0 bridgehead atoms. The highest BCUT2D eigenvalue weighted by molar-refractivity contribution is 5.89. The van der Waals surface area contributed by atoms with Gasteiger partial charge in [0, 0.05) is 5.69 Å². The minimum Gasteiger partial charge on any atom is -0.480 e. The maximum Gasteiger partial charge on any atom is 0.229 e. The van der Waals surface area contributed by atoms with Gasteiger partial charge in [-0.1, -0.05) is 0 Å². The molecule has 1 heterocycles. The number of methoxy groups -OCH3 is 1. The van der Waals surface area contributed by atoms with Crippen molar-refractivity contribution in [1.82, 2.24) is 4.98 Å². The Labute approximate surface area is 65.9 Å². The molecule has 11 heavy (non-hydrogen) atoms. The number of aromatic nitrogens is 1. The molecule has 0 aliphatic rings. The fourth-order valence-corrected chi connectivity index (χ4v) is 0.894. The summed E-state index contributed by atoms with van der Waals surface area (Å²) in [6, 6.07) is 1.90. The summed E-state index contributed by atoms with van der Waals surface area (Å²) in [7, 11) is 1.49. The Kier molecular flexibility index (Phi) is 1.98. The first-order valence-corrected chi connectivity index (χ1v) is 3.44. The van der Waals surface area contributed by atoms with Gasteiger partial charge < -0.3 is 9.72 Å². The van der Waals surface area contributed by atoms with Crippen LogP contribution >= 0.6 is 0 Å². The highest BCUT2D eigenvalue weighted by atomic mass is 16.5. The Balaban J connectivity index is 2.97. The highest BCUT2D eigenvalue weighted by Crippen LogP contribution is 2.08.